The van der Waals surface area contributed by atoms with Crippen molar-refractivity contribution in [3.63, 3.8) is 0 Å². The van der Waals surface area contributed by atoms with E-state index in [1.807, 2.05) is 24.3 Å². The molecule has 2 nitrogen and oxygen atoms in total. The maximum absolute atomic E-state index is 12.7. The maximum atomic E-state index is 12.7. The van der Waals surface area contributed by atoms with Gasteiger partial charge in [0.15, 0.2) is 0 Å². The van der Waals surface area contributed by atoms with Crippen LogP contribution in [-0.2, 0) is 13.0 Å². The molecule has 0 unspecified atom stereocenters. The van der Waals surface area contributed by atoms with Crippen LogP contribution in [0.5, 0.6) is 0 Å². The summed E-state index contributed by atoms with van der Waals surface area (Å²) >= 11 is 1.72. The molecule has 0 saturated carbocycles. The minimum atomic E-state index is 0.208. The lowest BCUT2D eigenvalue weighted by Gasteiger charge is -2.23. The van der Waals surface area contributed by atoms with Crippen molar-refractivity contribution in [2.45, 2.75) is 24.3 Å². The Morgan fingerprint density at radius 3 is 2.64 bits per heavy atom. The number of benzene rings is 2. The molecule has 4 rings (SSSR count). The molecule has 1 aliphatic heterocycles. The van der Waals surface area contributed by atoms with E-state index < -0.39 is 0 Å². The van der Waals surface area contributed by atoms with Gasteiger partial charge in [-0.05, 0) is 36.3 Å². The third kappa shape index (κ3) is 2.26. The van der Waals surface area contributed by atoms with Gasteiger partial charge in [-0.1, -0.05) is 42.5 Å². The van der Waals surface area contributed by atoms with Crippen LogP contribution in [0.2, 0.25) is 0 Å². The van der Waals surface area contributed by atoms with Gasteiger partial charge >= 0.3 is 0 Å². The largest absolute Gasteiger partial charge is 0.339 e. The topological polar surface area (TPSA) is 22.0 Å². The van der Waals surface area contributed by atoms with Crippen molar-refractivity contribution < 1.29 is 0 Å². The zero-order valence-electron chi connectivity index (χ0n) is 12.3. The summed E-state index contributed by atoms with van der Waals surface area (Å²) in [5.41, 5.74) is 3.75. The third-order valence-electron chi connectivity index (χ3n) is 4.22. The summed E-state index contributed by atoms with van der Waals surface area (Å²) in [4.78, 5) is 13.7. The van der Waals surface area contributed by atoms with Crippen molar-refractivity contribution in [2.24, 2.45) is 0 Å². The summed E-state index contributed by atoms with van der Waals surface area (Å²) in [6.07, 6.45) is 2.14. The molecule has 0 amide bonds. The third-order valence-corrected chi connectivity index (χ3v) is 5.42. The van der Waals surface area contributed by atoms with Gasteiger partial charge < -0.3 is 4.57 Å². The molecule has 1 aromatic heterocycles. The summed E-state index contributed by atoms with van der Waals surface area (Å²) in [5.74, 6) is 1.05. The second-order valence-corrected chi connectivity index (χ2v) is 6.75. The molecule has 22 heavy (non-hydrogen) atoms. The van der Waals surface area contributed by atoms with Gasteiger partial charge in [-0.2, -0.15) is 0 Å². The van der Waals surface area contributed by atoms with Crippen LogP contribution < -0.4 is 5.43 Å². The molecule has 0 fully saturated rings. The van der Waals surface area contributed by atoms with E-state index in [1.54, 1.807) is 11.8 Å². The zero-order chi connectivity index (χ0) is 14.9. The maximum Gasteiger partial charge on any atom is 0.203 e. The van der Waals surface area contributed by atoms with E-state index >= 15 is 0 Å². The Kier molecular flexibility index (Phi) is 3.51. The van der Waals surface area contributed by atoms with Gasteiger partial charge in [-0.15, -0.1) is 11.8 Å². The highest BCUT2D eigenvalue weighted by Crippen LogP contribution is 2.30. The molecule has 1 aliphatic rings. The number of hydrogen-bond acceptors (Lipinski definition) is 2. The van der Waals surface area contributed by atoms with Crippen molar-refractivity contribution >= 4 is 22.7 Å². The van der Waals surface area contributed by atoms with Gasteiger partial charge in [-0.3, -0.25) is 4.79 Å². The lowest BCUT2D eigenvalue weighted by Crippen LogP contribution is -2.21. The molecule has 3 heteroatoms. The molecule has 0 bridgehead atoms. The normalized spacial score (nSPS) is 14.0. The predicted octanol–water partition coefficient (Wildman–Crippen LogP) is 4.09. The molecule has 0 aliphatic carbocycles. The fourth-order valence-corrected chi connectivity index (χ4v) is 4.29. The quantitative estimate of drug-likeness (QED) is 0.711. The predicted molar refractivity (Wildman–Crippen MR) is 92.8 cm³/mol. The van der Waals surface area contributed by atoms with Crippen molar-refractivity contribution in [1.29, 1.82) is 0 Å². The van der Waals surface area contributed by atoms with E-state index in [0.29, 0.717) is 0 Å². The van der Waals surface area contributed by atoms with Crippen LogP contribution in [0.1, 0.15) is 17.7 Å². The van der Waals surface area contributed by atoms with E-state index in [-0.39, 0.29) is 5.43 Å². The first kappa shape index (κ1) is 13.6. The minimum Gasteiger partial charge on any atom is -0.339 e. The highest BCUT2D eigenvalue weighted by Gasteiger charge is 2.20. The van der Waals surface area contributed by atoms with E-state index in [1.165, 1.54) is 11.3 Å². The summed E-state index contributed by atoms with van der Waals surface area (Å²) in [6, 6.07) is 18.5. The zero-order valence-corrected chi connectivity index (χ0v) is 13.1. The number of para-hydroxylation sites is 1. The smallest absolute Gasteiger partial charge is 0.203 e. The molecule has 2 heterocycles. The van der Waals surface area contributed by atoms with Crippen LogP contribution in [0, 0.1) is 0 Å². The molecule has 0 saturated heterocycles. The van der Waals surface area contributed by atoms with Crippen molar-refractivity contribution in [3.05, 3.63) is 76.1 Å². The van der Waals surface area contributed by atoms with E-state index in [9.17, 15) is 4.79 Å². The molecule has 0 spiro atoms. The fourth-order valence-electron chi connectivity index (χ4n) is 3.18. The van der Waals surface area contributed by atoms with Crippen LogP contribution in [0.15, 0.2) is 64.3 Å². The number of rotatable bonds is 2. The highest BCUT2D eigenvalue weighted by molar-refractivity contribution is 7.99. The average molecular weight is 307 g/mol. The minimum absolute atomic E-state index is 0.208. The molecule has 0 radical (unpaired) electrons. The fraction of sp³-hybridized carbons (Fsp3) is 0.211. The first-order valence-corrected chi connectivity index (χ1v) is 8.64. The van der Waals surface area contributed by atoms with Crippen LogP contribution in [0.25, 0.3) is 10.9 Å². The number of aromatic nitrogens is 1. The average Bonchev–Trinajstić information content (AvgIpc) is 2.59. The van der Waals surface area contributed by atoms with Crippen molar-refractivity contribution in [1.82, 2.24) is 4.57 Å². The van der Waals surface area contributed by atoms with Gasteiger partial charge in [0.1, 0.15) is 0 Å². The monoisotopic (exact) mass is 307 g/mol. The van der Waals surface area contributed by atoms with Crippen LogP contribution in [-0.4, -0.2) is 10.3 Å². The number of nitrogens with zero attached hydrogens (tertiary/aromatic N) is 1. The number of fused-ring (bicyclic) bond motifs is 2. The number of pyridine rings is 1. The summed E-state index contributed by atoms with van der Waals surface area (Å²) in [6.45, 7) is 0.824. The van der Waals surface area contributed by atoms with Gasteiger partial charge in [0, 0.05) is 17.6 Å². The summed E-state index contributed by atoms with van der Waals surface area (Å²) in [5, 5.41) is 0.839. The second-order valence-electron chi connectivity index (χ2n) is 5.65. The number of hydrogen-bond donors (Lipinski definition) is 0. The van der Waals surface area contributed by atoms with Crippen LogP contribution in [0.4, 0.5) is 0 Å². The Balaban J connectivity index is 1.99. The van der Waals surface area contributed by atoms with E-state index in [2.05, 4.69) is 34.9 Å². The molecule has 3 aromatic rings. The van der Waals surface area contributed by atoms with Gasteiger partial charge in [0.2, 0.25) is 5.43 Å². The highest BCUT2D eigenvalue weighted by atomic mass is 32.2. The Bertz CT molecular complexity index is 883. The van der Waals surface area contributed by atoms with Gasteiger partial charge in [0.05, 0.1) is 10.4 Å². The molecule has 0 N–H and O–H groups in total. The van der Waals surface area contributed by atoms with Crippen LogP contribution in [0.3, 0.4) is 0 Å². The first-order valence-electron chi connectivity index (χ1n) is 7.66. The molecule has 0 atom stereocenters. The Hall–Kier alpha value is -2.00. The Morgan fingerprint density at radius 1 is 1.00 bits per heavy atom. The van der Waals surface area contributed by atoms with Gasteiger partial charge in [-0.25, -0.2) is 0 Å². The lowest BCUT2D eigenvalue weighted by molar-refractivity contribution is 0.705. The van der Waals surface area contributed by atoms with Crippen LogP contribution >= 0.6 is 11.8 Å². The van der Waals surface area contributed by atoms with E-state index in [0.717, 1.165) is 40.9 Å². The SMILES string of the molecule is O=c1c2c(n(Cc3ccccc3)c3ccccc13)CCCS2. The van der Waals surface area contributed by atoms with Crippen molar-refractivity contribution in [3.8, 4) is 0 Å². The van der Waals surface area contributed by atoms with E-state index in [4.69, 9.17) is 0 Å². The van der Waals surface area contributed by atoms with Crippen molar-refractivity contribution in [2.75, 3.05) is 5.75 Å². The molecular weight excluding hydrogens is 290 g/mol. The summed E-state index contributed by atoms with van der Waals surface area (Å²) < 4.78 is 2.34. The Labute approximate surface area is 133 Å². The first-order chi connectivity index (χ1) is 10.8. The standard InChI is InChI=1S/C19H17NOS/c21-18-15-9-4-5-10-16(15)20(13-14-7-2-1-3-8-14)17-11-6-12-22-19(17)18/h1-5,7-10H,6,11-13H2. The number of thioether (sulfide) groups is 1. The Morgan fingerprint density at radius 2 is 1.77 bits per heavy atom. The lowest BCUT2D eigenvalue weighted by atomic mass is 10.1. The molecule has 2 aromatic carbocycles. The molecular formula is C19H17NOS. The summed E-state index contributed by atoms with van der Waals surface area (Å²) in [7, 11) is 0. The molecule has 110 valence electrons. The second kappa shape index (κ2) is 5.65. The van der Waals surface area contributed by atoms with Gasteiger partial charge in [0.25, 0.3) is 0 Å².